The summed E-state index contributed by atoms with van der Waals surface area (Å²) in [6.07, 6.45) is -1.51. The van der Waals surface area contributed by atoms with Gasteiger partial charge in [0, 0.05) is 30.9 Å². The van der Waals surface area contributed by atoms with Crippen molar-refractivity contribution >= 4 is 29.5 Å². The van der Waals surface area contributed by atoms with E-state index in [4.69, 9.17) is 9.84 Å². The summed E-state index contributed by atoms with van der Waals surface area (Å²) in [6.45, 7) is 0.835. The molecule has 1 saturated carbocycles. The van der Waals surface area contributed by atoms with Gasteiger partial charge in [-0.2, -0.15) is 13.2 Å². The molecular weight excluding hydrogens is 491 g/mol. The minimum absolute atomic E-state index is 0.133. The van der Waals surface area contributed by atoms with Gasteiger partial charge in [0.15, 0.2) is 0 Å². The van der Waals surface area contributed by atoms with E-state index in [2.05, 4.69) is 10.6 Å². The van der Waals surface area contributed by atoms with E-state index in [9.17, 15) is 27.6 Å². The standard InChI is InChI=1S/C26H28F3N3O5/c27-26(28,29)19-4-7-20(8-5-19)30-24(35)31-21-6-3-18-15-32(12-11-17(18)14-21)25(36)37-22-9-1-16(2-10-22)13-23(33)34/h3-8,14,16,22H,1-2,9-13,15H2,(H,33,34)(H2,30,31,35). The average Bonchev–Trinajstić information content (AvgIpc) is 2.84. The van der Waals surface area contributed by atoms with Gasteiger partial charge in [-0.05, 0) is 85.5 Å². The second-order valence-corrected chi connectivity index (χ2v) is 9.43. The number of hydrogen-bond donors (Lipinski definition) is 3. The molecule has 3 amide bonds. The molecular formula is C26H28F3N3O5. The van der Waals surface area contributed by atoms with Crippen LogP contribution in [0.3, 0.4) is 0 Å². The number of carboxylic acids is 1. The molecule has 0 radical (unpaired) electrons. The van der Waals surface area contributed by atoms with Crippen molar-refractivity contribution in [3.8, 4) is 0 Å². The molecule has 1 heterocycles. The number of anilines is 2. The second-order valence-electron chi connectivity index (χ2n) is 9.43. The van der Waals surface area contributed by atoms with Crippen molar-refractivity contribution in [3.05, 3.63) is 59.2 Å². The molecule has 1 aliphatic carbocycles. The Kier molecular flexibility index (Phi) is 7.89. The maximum absolute atomic E-state index is 12.7. The van der Waals surface area contributed by atoms with Crippen LogP contribution in [-0.4, -0.2) is 40.7 Å². The van der Waals surface area contributed by atoms with Crippen molar-refractivity contribution in [1.29, 1.82) is 0 Å². The number of fused-ring (bicyclic) bond motifs is 1. The smallest absolute Gasteiger partial charge is 0.416 e. The van der Waals surface area contributed by atoms with E-state index in [1.54, 1.807) is 11.0 Å². The van der Waals surface area contributed by atoms with Gasteiger partial charge in [-0.25, -0.2) is 9.59 Å². The first kappa shape index (κ1) is 26.3. The number of aliphatic carboxylic acids is 1. The fourth-order valence-corrected chi connectivity index (χ4v) is 4.74. The fraction of sp³-hybridized carbons (Fsp3) is 0.423. The minimum Gasteiger partial charge on any atom is -0.481 e. The largest absolute Gasteiger partial charge is 0.481 e. The van der Waals surface area contributed by atoms with E-state index in [0.29, 0.717) is 38.0 Å². The van der Waals surface area contributed by atoms with Crippen LogP contribution in [0.2, 0.25) is 0 Å². The van der Waals surface area contributed by atoms with Crippen LogP contribution >= 0.6 is 0 Å². The summed E-state index contributed by atoms with van der Waals surface area (Å²) >= 11 is 0. The zero-order chi connectivity index (χ0) is 26.6. The van der Waals surface area contributed by atoms with Gasteiger partial charge in [0.2, 0.25) is 0 Å². The molecule has 0 bridgehead atoms. The van der Waals surface area contributed by atoms with Crippen molar-refractivity contribution in [2.45, 2.75) is 57.3 Å². The Labute approximate surface area is 211 Å². The number of nitrogens with zero attached hydrogens (tertiary/aromatic N) is 1. The van der Waals surface area contributed by atoms with Crippen molar-refractivity contribution < 1.29 is 37.4 Å². The minimum atomic E-state index is -4.45. The maximum Gasteiger partial charge on any atom is 0.416 e. The number of urea groups is 1. The SMILES string of the molecule is O=C(O)CC1CCC(OC(=O)N2CCc3cc(NC(=O)Nc4ccc(C(F)(F)F)cc4)ccc3C2)CC1. The highest BCUT2D eigenvalue weighted by molar-refractivity contribution is 5.99. The van der Waals surface area contributed by atoms with Crippen LogP contribution < -0.4 is 10.6 Å². The summed E-state index contributed by atoms with van der Waals surface area (Å²) in [5.74, 6) is -0.667. The lowest BCUT2D eigenvalue weighted by atomic mass is 9.85. The van der Waals surface area contributed by atoms with Gasteiger partial charge in [-0.15, -0.1) is 0 Å². The molecule has 0 aromatic heterocycles. The van der Waals surface area contributed by atoms with Gasteiger partial charge in [-0.3, -0.25) is 4.79 Å². The summed E-state index contributed by atoms with van der Waals surface area (Å²) in [6, 6.07) is 8.91. The van der Waals surface area contributed by atoms with Gasteiger partial charge in [0.1, 0.15) is 6.10 Å². The highest BCUT2D eigenvalue weighted by Crippen LogP contribution is 2.31. The number of nitrogens with one attached hydrogen (secondary N) is 2. The Balaban J connectivity index is 1.26. The van der Waals surface area contributed by atoms with E-state index in [1.807, 2.05) is 12.1 Å². The van der Waals surface area contributed by atoms with E-state index in [-0.39, 0.29) is 30.2 Å². The molecule has 0 saturated heterocycles. The van der Waals surface area contributed by atoms with E-state index in [0.717, 1.165) is 36.1 Å². The Morgan fingerprint density at radius 2 is 1.59 bits per heavy atom. The molecule has 2 aliphatic rings. The normalized spacial score (nSPS) is 19.5. The van der Waals surface area contributed by atoms with Crippen LogP contribution in [-0.2, 0) is 28.7 Å². The van der Waals surface area contributed by atoms with Crippen molar-refractivity contribution in [2.75, 3.05) is 17.2 Å². The predicted octanol–water partition coefficient (Wildman–Crippen LogP) is 5.88. The monoisotopic (exact) mass is 519 g/mol. The second kappa shape index (κ2) is 11.1. The molecule has 198 valence electrons. The molecule has 2 aromatic carbocycles. The number of hydrogen-bond acceptors (Lipinski definition) is 4. The Hall–Kier alpha value is -3.76. The lowest BCUT2D eigenvalue weighted by molar-refractivity contribution is -0.139. The molecule has 2 aromatic rings. The first-order chi connectivity index (χ1) is 17.6. The number of benzene rings is 2. The Morgan fingerprint density at radius 1 is 0.946 bits per heavy atom. The van der Waals surface area contributed by atoms with Crippen LogP contribution in [0, 0.1) is 5.92 Å². The summed E-state index contributed by atoms with van der Waals surface area (Å²) in [5.41, 5.74) is 1.87. The number of amides is 3. The third-order valence-corrected chi connectivity index (χ3v) is 6.73. The zero-order valence-electron chi connectivity index (χ0n) is 20.0. The number of ether oxygens (including phenoxy) is 1. The van der Waals surface area contributed by atoms with Gasteiger partial charge < -0.3 is 25.4 Å². The van der Waals surface area contributed by atoms with Gasteiger partial charge in [0.25, 0.3) is 0 Å². The van der Waals surface area contributed by atoms with E-state index in [1.165, 1.54) is 12.1 Å². The molecule has 8 nitrogen and oxygen atoms in total. The number of rotatable bonds is 5. The Morgan fingerprint density at radius 3 is 2.24 bits per heavy atom. The predicted molar refractivity (Wildman–Crippen MR) is 129 cm³/mol. The molecule has 4 rings (SSSR count). The molecule has 3 N–H and O–H groups in total. The van der Waals surface area contributed by atoms with Crippen LogP contribution in [0.1, 0.15) is 48.8 Å². The zero-order valence-corrected chi connectivity index (χ0v) is 20.0. The highest BCUT2D eigenvalue weighted by Gasteiger charge is 2.30. The molecule has 11 heteroatoms. The molecule has 1 aliphatic heterocycles. The summed E-state index contributed by atoms with van der Waals surface area (Å²) in [7, 11) is 0. The topological polar surface area (TPSA) is 108 Å². The number of carbonyl (C=O) groups is 3. The highest BCUT2D eigenvalue weighted by atomic mass is 19.4. The van der Waals surface area contributed by atoms with Gasteiger partial charge in [-0.1, -0.05) is 6.07 Å². The van der Waals surface area contributed by atoms with Crippen molar-refractivity contribution in [3.63, 3.8) is 0 Å². The molecule has 1 fully saturated rings. The number of halogens is 3. The lowest BCUT2D eigenvalue weighted by Gasteiger charge is -2.32. The first-order valence-electron chi connectivity index (χ1n) is 12.1. The molecule has 0 atom stereocenters. The fourth-order valence-electron chi connectivity index (χ4n) is 4.74. The molecule has 0 unspecified atom stereocenters. The summed E-state index contributed by atoms with van der Waals surface area (Å²) in [4.78, 5) is 37.5. The van der Waals surface area contributed by atoms with Crippen molar-refractivity contribution in [2.24, 2.45) is 5.92 Å². The van der Waals surface area contributed by atoms with Crippen molar-refractivity contribution in [1.82, 2.24) is 4.90 Å². The van der Waals surface area contributed by atoms with E-state index < -0.39 is 23.7 Å². The molecule has 37 heavy (non-hydrogen) atoms. The Bertz CT molecular complexity index is 1150. The maximum atomic E-state index is 12.7. The van der Waals surface area contributed by atoms with Crippen LogP contribution in [0.5, 0.6) is 0 Å². The number of carbonyl (C=O) groups excluding carboxylic acids is 2. The summed E-state index contributed by atoms with van der Waals surface area (Å²) in [5, 5.41) is 14.1. The third kappa shape index (κ3) is 7.14. The van der Waals surface area contributed by atoms with Gasteiger partial charge in [0.05, 0.1) is 5.56 Å². The number of carboxylic acid groups (broad SMARTS) is 1. The van der Waals surface area contributed by atoms with Gasteiger partial charge >= 0.3 is 24.3 Å². The molecule has 0 spiro atoms. The third-order valence-electron chi connectivity index (χ3n) is 6.73. The quantitative estimate of drug-likeness (QED) is 0.457. The lowest BCUT2D eigenvalue weighted by Crippen LogP contribution is -2.39. The van der Waals surface area contributed by atoms with E-state index >= 15 is 0 Å². The summed E-state index contributed by atoms with van der Waals surface area (Å²) < 4.78 is 43.7. The van der Waals surface area contributed by atoms with Crippen LogP contribution in [0.25, 0.3) is 0 Å². The van der Waals surface area contributed by atoms with Crippen LogP contribution in [0.4, 0.5) is 34.1 Å². The first-order valence-corrected chi connectivity index (χ1v) is 12.1. The van der Waals surface area contributed by atoms with Crippen LogP contribution in [0.15, 0.2) is 42.5 Å². The average molecular weight is 520 g/mol. The number of alkyl halides is 3.